The van der Waals surface area contributed by atoms with Gasteiger partial charge in [-0.1, -0.05) is 42.5 Å². The molecule has 0 bridgehead atoms. The molecular formula is C24H19N5O3. The number of nitrogens with zero attached hydrogens (tertiary/aromatic N) is 2. The number of carboxylic acid groups (broad SMARTS) is 1. The Balaban J connectivity index is 1.53. The number of H-pyrrole nitrogens is 2. The Morgan fingerprint density at radius 2 is 1.88 bits per heavy atom. The van der Waals surface area contributed by atoms with E-state index in [0.717, 1.165) is 38.9 Å². The lowest BCUT2D eigenvalue weighted by molar-refractivity contribution is 0.209. The number of nitrogens with one attached hydrogen (secondary N) is 3. The van der Waals surface area contributed by atoms with Crippen molar-refractivity contribution < 1.29 is 9.90 Å². The fourth-order valence-corrected chi connectivity index (χ4v) is 3.92. The zero-order valence-electron chi connectivity index (χ0n) is 17.1. The molecule has 5 aromatic rings. The van der Waals surface area contributed by atoms with E-state index in [1.807, 2.05) is 43.3 Å². The number of rotatable bonds is 4. The van der Waals surface area contributed by atoms with Crippen molar-refractivity contribution in [3.63, 3.8) is 0 Å². The predicted octanol–water partition coefficient (Wildman–Crippen LogP) is 4.46. The molecule has 0 aliphatic heterocycles. The fraction of sp³-hybridized carbons (Fsp3) is 0.0833. The molecule has 4 N–H and O–H groups in total. The van der Waals surface area contributed by atoms with Crippen molar-refractivity contribution in [1.82, 2.24) is 20.2 Å². The number of carbonyl (C=O) groups is 1. The van der Waals surface area contributed by atoms with Crippen molar-refractivity contribution in [3.05, 3.63) is 87.8 Å². The number of anilines is 1. The van der Waals surface area contributed by atoms with Crippen LogP contribution in [0.2, 0.25) is 0 Å². The second-order valence-corrected chi connectivity index (χ2v) is 7.62. The molecule has 5 rings (SSSR count). The quantitative estimate of drug-likeness (QED) is 0.339. The normalized spacial score (nSPS) is 11.2. The van der Waals surface area contributed by atoms with Gasteiger partial charge in [-0.25, -0.2) is 14.9 Å². The molecule has 2 aromatic heterocycles. The highest BCUT2D eigenvalue weighted by Gasteiger charge is 2.11. The molecule has 8 heteroatoms. The number of imidazole rings is 1. The minimum absolute atomic E-state index is 0.186. The summed E-state index contributed by atoms with van der Waals surface area (Å²) < 4.78 is 0. The number of hydrogen-bond acceptors (Lipinski definition) is 4. The third-order valence-corrected chi connectivity index (χ3v) is 5.47. The van der Waals surface area contributed by atoms with E-state index in [1.54, 1.807) is 6.07 Å². The fourth-order valence-electron chi connectivity index (χ4n) is 3.92. The van der Waals surface area contributed by atoms with Crippen LogP contribution in [0.5, 0.6) is 0 Å². The largest absolute Gasteiger partial charge is 0.465 e. The van der Waals surface area contributed by atoms with Crippen molar-refractivity contribution >= 4 is 33.8 Å². The van der Waals surface area contributed by atoms with Crippen LogP contribution in [0, 0.1) is 6.92 Å². The summed E-state index contributed by atoms with van der Waals surface area (Å²) in [6.45, 7) is 2.04. The van der Waals surface area contributed by atoms with Gasteiger partial charge in [-0.3, -0.25) is 10.1 Å². The molecule has 2 heterocycles. The van der Waals surface area contributed by atoms with Crippen LogP contribution >= 0.6 is 0 Å². The Hall–Kier alpha value is -4.46. The zero-order chi connectivity index (χ0) is 22.2. The molecule has 0 atom stereocenters. The Bertz CT molecular complexity index is 1550. The first-order chi connectivity index (χ1) is 15.5. The summed E-state index contributed by atoms with van der Waals surface area (Å²) in [4.78, 5) is 30.2. The first-order valence-corrected chi connectivity index (χ1v) is 10.0. The number of aromatic amines is 2. The maximum absolute atomic E-state index is 12.1. The maximum Gasteiger partial charge on any atom is 0.411 e. The SMILES string of the molecule is Cc1ccc(Cc2n[nH]c(=O)c3ccccc23)cc1-c1ccc2[nH]c(NC(=O)O)nc2c1. The van der Waals surface area contributed by atoms with Crippen molar-refractivity contribution in [2.45, 2.75) is 13.3 Å². The molecular weight excluding hydrogens is 406 g/mol. The van der Waals surface area contributed by atoms with Crippen LogP contribution in [0.3, 0.4) is 0 Å². The van der Waals surface area contributed by atoms with E-state index in [-0.39, 0.29) is 11.5 Å². The molecule has 1 amide bonds. The van der Waals surface area contributed by atoms with Crippen molar-refractivity contribution in [1.29, 1.82) is 0 Å². The maximum atomic E-state index is 12.1. The van der Waals surface area contributed by atoms with Crippen LogP contribution in [0.1, 0.15) is 16.8 Å². The van der Waals surface area contributed by atoms with Crippen LogP contribution in [0.15, 0.2) is 65.5 Å². The Morgan fingerprint density at radius 3 is 2.69 bits per heavy atom. The molecule has 0 radical (unpaired) electrons. The van der Waals surface area contributed by atoms with Gasteiger partial charge in [0.05, 0.1) is 22.1 Å². The number of benzene rings is 3. The van der Waals surface area contributed by atoms with Gasteiger partial charge in [0, 0.05) is 11.8 Å². The highest BCUT2D eigenvalue weighted by molar-refractivity contribution is 5.88. The molecule has 3 aromatic carbocycles. The Kier molecular flexibility index (Phi) is 4.67. The van der Waals surface area contributed by atoms with Gasteiger partial charge >= 0.3 is 6.09 Å². The third kappa shape index (κ3) is 3.58. The van der Waals surface area contributed by atoms with E-state index < -0.39 is 6.09 Å². The van der Waals surface area contributed by atoms with Crippen LogP contribution in [0.25, 0.3) is 32.9 Å². The highest BCUT2D eigenvalue weighted by Crippen LogP contribution is 2.29. The van der Waals surface area contributed by atoms with E-state index in [2.05, 4.69) is 43.7 Å². The van der Waals surface area contributed by atoms with Crippen molar-refractivity contribution in [2.24, 2.45) is 0 Å². The van der Waals surface area contributed by atoms with Crippen LogP contribution in [0.4, 0.5) is 10.7 Å². The van der Waals surface area contributed by atoms with Crippen LogP contribution in [-0.2, 0) is 6.42 Å². The third-order valence-electron chi connectivity index (χ3n) is 5.47. The van der Waals surface area contributed by atoms with E-state index in [4.69, 9.17) is 5.11 Å². The average Bonchev–Trinajstić information content (AvgIpc) is 3.18. The van der Waals surface area contributed by atoms with Crippen molar-refractivity contribution in [2.75, 3.05) is 5.32 Å². The zero-order valence-corrected chi connectivity index (χ0v) is 17.1. The van der Waals surface area contributed by atoms with E-state index in [1.165, 1.54) is 0 Å². The van der Waals surface area contributed by atoms with Gasteiger partial charge in [0.25, 0.3) is 5.56 Å². The molecule has 0 unspecified atom stereocenters. The lowest BCUT2D eigenvalue weighted by atomic mass is 9.95. The molecule has 8 nitrogen and oxygen atoms in total. The monoisotopic (exact) mass is 425 g/mol. The number of hydrogen-bond donors (Lipinski definition) is 4. The van der Waals surface area contributed by atoms with Gasteiger partial charge in [0.2, 0.25) is 5.95 Å². The van der Waals surface area contributed by atoms with E-state index in [0.29, 0.717) is 17.3 Å². The standard InChI is InChI=1S/C24H19N5O3/c1-13-6-7-14(11-20-16-4-2-3-5-17(16)22(30)29-28-20)10-18(13)15-8-9-19-21(12-15)26-23(25-19)27-24(31)32/h2-10,12H,11H2,1H3,(H,29,30)(H,31,32)(H2,25,26,27). The average molecular weight is 425 g/mol. The van der Waals surface area contributed by atoms with Gasteiger partial charge < -0.3 is 10.1 Å². The molecule has 0 spiro atoms. The van der Waals surface area contributed by atoms with Gasteiger partial charge in [-0.2, -0.15) is 5.10 Å². The van der Waals surface area contributed by atoms with Crippen molar-refractivity contribution in [3.8, 4) is 11.1 Å². The summed E-state index contributed by atoms with van der Waals surface area (Å²) in [6, 6.07) is 19.5. The number of aryl methyl sites for hydroxylation is 1. The summed E-state index contributed by atoms with van der Waals surface area (Å²) in [5.41, 5.74) is 6.22. The summed E-state index contributed by atoms with van der Waals surface area (Å²) in [5.74, 6) is 0.186. The first kappa shape index (κ1) is 19.5. The molecule has 0 aliphatic rings. The van der Waals surface area contributed by atoms with E-state index >= 15 is 0 Å². The molecule has 0 saturated heterocycles. The van der Waals surface area contributed by atoms with Gasteiger partial charge in [-0.15, -0.1) is 0 Å². The van der Waals surface area contributed by atoms with Crippen LogP contribution < -0.4 is 10.9 Å². The predicted molar refractivity (Wildman–Crippen MR) is 123 cm³/mol. The molecule has 0 saturated carbocycles. The minimum Gasteiger partial charge on any atom is -0.465 e. The lowest BCUT2D eigenvalue weighted by Gasteiger charge is -2.10. The Labute approximate surface area is 182 Å². The second-order valence-electron chi connectivity index (χ2n) is 7.62. The van der Waals surface area contributed by atoms with Gasteiger partial charge in [-0.05, 0) is 47.4 Å². The van der Waals surface area contributed by atoms with Crippen LogP contribution in [-0.4, -0.2) is 31.4 Å². The molecule has 158 valence electrons. The summed E-state index contributed by atoms with van der Waals surface area (Å²) >= 11 is 0. The summed E-state index contributed by atoms with van der Waals surface area (Å²) in [5, 5.41) is 19.5. The smallest absolute Gasteiger partial charge is 0.411 e. The van der Waals surface area contributed by atoms with Gasteiger partial charge in [0.1, 0.15) is 0 Å². The molecule has 32 heavy (non-hydrogen) atoms. The topological polar surface area (TPSA) is 124 Å². The molecule has 0 fully saturated rings. The summed E-state index contributed by atoms with van der Waals surface area (Å²) in [6.07, 6.45) is -0.599. The lowest BCUT2D eigenvalue weighted by Crippen LogP contribution is -2.11. The highest BCUT2D eigenvalue weighted by atomic mass is 16.4. The summed E-state index contributed by atoms with van der Waals surface area (Å²) in [7, 11) is 0. The number of amides is 1. The first-order valence-electron chi connectivity index (χ1n) is 10.0. The van der Waals surface area contributed by atoms with E-state index in [9.17, 15) is 9.59 Å². The Morgan fingerprint density at radius 1 is 1.06 bits per heavy atom. The minimum atomic E-state index is -1.17. The number of fused-ring (bicyclic) bond motifs is 2. The second kappa shape index (κ2) is 7.66. The molecule has 0 aliphatic carbocycles. The number of aromatic nitrogens is 4. The van der Waals surface area contributed by atoms with Gasteiger partial charge in [0.15, 0.2) is 0 Å².